The molecule has 0 saturated heterocycles. The molecule has 0 aliphatic rings. The first-order chi connectivity index (χ1) is 12.5. The van der Waals surface area contributed by atoms with Crippen molar-refractivity contribution in [3.8, 4) is 5.75 Å². The zero-order chi connectivity index (χ0) is 18.5. The lowest BCUT2D eigenvalue weighted by Crippen LogP contribution is -2.22. The Hall–Kier alpha value is -3.01. The lowest BCUT2D eigenvalue weighted by Gasteiger charge is -2.11. The van der Waals surface area contributed by atoms with Crippen molar-refractivity contribution in [1.29, 1.82) is 0 Å². The van der Waals surface area contributed by atoms with Gasteiger partial charge in [-0.05, 0) is 12.1 Å². The molecule has 0 aliphatic carbocycles. The molecule has 0 saturated carbocycles. The Morgan fingerprint density at radius 3 is 2.88 bits per heavy atom. The van der Waals surface area contributed by atoms with Gasteiger partial charge in [-0.2, -0.15) is 8.78 Å². The normalized spacial score (nSPS) is 10.9. The van der Waals surface area contributed by atoms with Gasteiger partial charge in [0.15, 0.2) is 11.6 Å². The average molecular weight is 381 g/mol. The van der Waals surface area contributed by atoms with Crippen LogP contribution < -0.4 is 10.1 Å². The SMILES string of the molecule is O=C(COC(=O)Cc1cn2ccsc2n1)Nc1ccccc1OC(F)F. The molecule has 0 bridgehead atoms. The molecular weight excluding hydrogens is 368 g/mol. The predicted octanol–water partition coefficient (Wildman–Crippen LogP) is 2.72. The Morgan fingerprint density at radius 2 is 2.12 bits per heavy atom. The van der Waals surface area contributed by atoms with Gasteiger partial charge in [-0.3, -0.25) is 14.0 Å². The highest BCUT2D eigenvalue weighted by Gasteiger charge is 2.14. The number of alkyl halides is 2. The van der Waals surface area contributed by atoms with Gasteiger partial charge in [0.25, 0.3) is 5.91 Å². The first-order valence-corrected chi connectivity index (χ1v) is 8.29. The van der Waals surface area contributed by atoms with Gasteiger partial charge in [0.1, 0.15) is 5.75 Å². The van der Waals surface area contributed by atoms with Crippen LogP contribution in [0.25, 0.3) is 4.96 Å². The maximum atomic E-state index is 12.3. The molecule has 7 nitrogen and oxygen atoms in total. The van der Waals surface area contributed by atoms with E-state index in [-0.39, 0.29) is 17.9 Å². The van der Waals surface area contributed by atoms with E-state index < -0.39 is 25.1 Å². The number of halogens is 2. The number of nitrogens with one attached hydrogen (secondary N) is 1. The van der Waals surface area contributed by atoms with Crippen LogP contribution in [0.4, 0.5) is 14.5 Å². The Morgan fingerprint density at radius 1 is 1.31 bits per heavy atom. The Kier molecular flexibility index (Phi) is 5.42. The van der Waals surface area contributed by atoms with Crippen LogP contribution in [0.2, 0.25) is 0 Å². The number of imidazole rings is 1. The van der Waals surface area contributed by atoms with Gasteiger partial charge in [0.05, 0.1) is 17.8 Å². The Balaban J connectivity index is 1.50. The molecule has 1 aromatic carbocycles. The van der Waals surface area contributed by atoms with Crippen molar-refractivity contribution >= 4 is 33.9 Å². The molecular formula is C16H13F2N3O4S. The number of aromatic nitrogens is 2. The summed E-state index contributed by atoms with van der Waals surface area (Å²) in [5.74, 6) is -1.47. The Bertz CT molecular complexity index is 897. The van der Waals surface area contributed by atoms with E-state index in [9.17, 15) is 18.4 Å². The first-order valence-electron chi connectivity index (χ1n) is 7.41. The van der Waals surface area contributed by atoms with Crippen molar-refractivity contribution in [2.45, 2.75) is 13.0 Å². The van der Waals surface area contributed by atoms with Crippen LogP contribution in [0.15, 0.2) is 42.0 Å². The minimum absolute atomic E-state index is 0.0585. The molecule has 136 valence electrons. The summed E-state index contributed by atoms with van der Waals surface area (Å²) >= 11 is 1.43. The maximum Gasteiger partial charge on any atom is 0.387 e. The number of esters is 1. The zero-order valence-corrected chi connectivity index (χ0v) is 14.0. The molecule has 0 radical (unpaired) electrons. The van der Waals surface area contributed by atoms with Gasteiger partial charge in [-0.15, -0.1) is 11.3 Å². The van der Waals surface area contributed by atoms with Crippen LogP contribution >= 0.6 is 11.3 Å². The number of hydrogen-bond donors (Lipinski definition) is 1. The van der Waals surface area contributed by atoms with Crippen molar-refractivity contribution in [2.24, 2.45) is 0 Å². The molecule has 1 amide bonds. The van der Waals surface area contributed by atoms with E-state index >= 15 is 0 Å². The summed E-state index contributed by atoms with van der Waals surface area (Å²) in [6.45, 7) is -3.57. The van der Waals surface area contributed by atoms with Crippen molar-refractivity contribution in [2.75, 3.05) is 11.9 Å². The second-order valence-corrected chi connectivity index (χ2v) is 5.96. The van der Waals surface area contributed by atoms with Crippen LogP contribution in [0.5, 0.6) is 5.75 Å². The van der Waals surface area contributed by atoms with Crippen molar-refractivity contribution in [1.82, 2.24) is 9.38 Å². The number of rotatable bonds is 7. The number of hydrogen-bond acceptors (Lipinski definition) is 6. The lowest BCUT2D eigenvalue weighted by molar-refractivity contribution is -0.146. The van der Waals surface area contributed by atoms with E-state index in [1.54, 1.807) is 16.7 Å². The van der Waals surface area contributed by atoms with Gasteiger partial charge < -0.3 is 14.8 Å². The third kappa shape index (κ3) is 4.54. The zero-order valence-electron chi connectivity index (χ0n) is 13.2. The van der Waals surface area contributed by atoms with Crippen LogP contribution in [-0.4, -0.2) is 34.5 Å². The number of carbonyl (C=O) groups is 2. The summed E-state index contributed by atoms with van der Waals surface area (Å²) in [5.41, 5.74) is 0.584. The molecule has 1 N–H and O–H groups in total. The van der Waals surface area contributed by atoms with E-state index in [4.69, 9.17) is 4.74 Å². The number of benzene rings is 1. The molecule has 0 spiro atoms. The number of nitrogens with zero attached hydrogens (tertiary/aromatic N) is 2. The summed E-state index contributed by atoms with van der Waals surface area (Å²) < 4.78 is 35.7. The molecule has 3 rings (SSSR count). The van der Waals surface area contributed by atoms with E-state index in [0.29, 0.717) is 5.69 Å². The first kappa shape index (κ1) is 17.8. The molecule has 2 heterocycles. The number of amides is 1. The van der Waals surface area contributed by atoms with Crippen molar-refractivity contribution in [3.63, 3.8) is 0 Å². The second-order valence-electron chi connectivity index (χ2n) is 5.09. The highest BCUT2D eigenvalue weighted by atomic mass is 32.1. The standard InChI is InChI=1S/C16H13F2N3O4S/c17-15(18)25-12-4-2-1-3-11(12)20-13(22)9-24-14(23)7-10-8-21-5-6-26-16(21)19-10/h1-6,8,15H,7,9H2,(H,20,22). The van der Waals surface area contributed by atoms with Crippen molar-refractivity contribution < 1.29 is 27.8 Å². The largest absolute Gasteiger partial charge is 0.455 e. The fourth-order valence-electron chi connectivity index (χ4n) is 2.16. The van der Waals surface area contributed by atoms with Gasteiger partial charge in [-0.25, -0.2) is 4.98 Å². The quantitative estimate of drug-likeness (QED) is 0.637. The number of anilines is 1. The summed E-state index contributed by atoms with van der Waals surface area (Å²) in [4.78, 5) is 28.7. The summed E-state index contributed by atoms with van der Waals surface area (Å²) in [6.07, 6.45) is 3.44. The smallest absolute Gasteiger partial charge is 0.387 e. The van der Waals surface area contributed by atoms with Gasteiger partial charge in [-0.1, -0.05) is 12.1 Å². The maximum absolute atomic E-state index is 12.3. The Labute approximate surface area is 150 Å². The molecule has 10 heteroatoms. The lowest BCUT2D eigenvalue weighted by atomic mass is 10.3. The molecule has 0 atom stereocenters. The van der Waals surface area contributed by atoms with E-state index in [0.717, 1.165) is 4.96 Å². The van der Waals surface area contributed by atoms with E-state index in [1.165, 1.54) is 29.5 Å². The summed E-state index contributed by atoms with van der Waals surface area (Å²) in [6, 6.07) is 5.72. The molecule has 3 aromatic rings. The number of para-hydroxylation sites is 2. The van der Waals surface area contributed by atoms with E-state index in [1.807, 2.05) is 11.6 Å². The fraction of sp³-hybridized carbons (Fsp3) is 0.188. The third-order valence-corrected chi connectivity index (χ3v) is 3.98. The minimum atomic E-state index is -3.02. The van der Waals surface area contributed by atoms with Crippen molar-refractivity contribution in [3.05, 3.63) is 47.7 Å². The number of thiazole rings is 1. The molecule has 2 aromatic heterocycles. The molecule has 26 heavy (non-hydrogen) atoms. The molecule has 0 fully saturated rings. The monoisotopic (exact) mass is 381 g/mol. The highest BCUT2D eigenvalue weighted by Crippen LogP contribution is 2.25. The third-order valence-electron chi connectivity index (χ3n) is 3.21. The van der Waals surface area contributed by atoms with Gasteiger partial charge in [0, 0.05) is 17.8 Å². The number of ether oxygens (including phenoxy) is 2. The average Bonchev–Trinajstić information content (AvgIpc) is 3.16. The molecule has 0 aliphatic heterocycles. The highest BCUT2D eigenvalue weighted by molar-refractivity contribution is 7.15. The van der Waals surface area contributed by atoms with Gasteiger partial charge >= 0.3 is 12.6 Å². The van der Waals surface area contributed by atoms with Crippen LogP contribution in [0.1, 0.15) is 5.69 Å². The fourth-order valence-corrected chi connectivity index (χ4v) is 2.88. The van der Waals surface area contributed by atoms with Crippen LogP contribution in [0, 0.1) is 0 Å². The minimum Gasteiger partial charge on any atom is -0.455 e. The molecule has 0 unspecified atom stereocenters. The van der Waals surface area contributed by atoms with Gasteiger partial charge in [0.2, 0.25) is 0 Å². The topological polar surface area (TPSA) is 81.9 Å². The summed E-state index contributed by atoms with van der Waals surface area (Å²) in [7, 11) is 0. The predicted molar refractivity (Wildman–Crippen MR) is 89.4 cm³/mol. The number of fused-ring (bicyclic) bond motifs is 1. The second kappa shape index (κ2) is 7.91. The summed E-state index contributed by atoms with van der Waals surface area (Å²) in [5, 5.41) is 4.23. The van der Waals surface area contributed by atoms with E-state index in [2.05, 4.69) is 15.0 Å². The number of carbonyl (C=O) groups excluding carboxylic acids is 2. The van der Waals surface area contributed by atoms with Crippen LogP contribution in [0.3, 0.4) is 0 Å². The van der Waals surface area contributed by atoms with Crippen LogP contribution in [-0.2, 0) is 20.7 Å².